The fourth-order valence-corrected chi connectivity index (χ4v) is 2.29. The lowest BCUT2D eigenvalue weighted by Crippen LogP contribution is -2.22. The Morgan fingerprint density at radius 3 is 1.94 bits per heavy atom. The molecule has 0 aliphatic rings. The lowest BCUT2D eigenvalue weighted by atomic mass is 9.88. The first-order valence-electron chi connectivity index (χ1n) is 5.24. The van der Waals surface area contributed by atoms with Gasteiger partial charge in [0.05, 0.1) is 0 Å². The number of aliphatic hydroxyl groups is 1. The van der Waals surface area contributed by atoms with Gasteiger partial charge in [-0.3, -0.25) is 0 Å². The highest BCUT2D eigenvalue weighted by Crippen LogP contribution is 2.32. The average molecular weight is 267 g/mol. The minimum Gasteiger partial charge on any atom is -0.381 e. The molecule has 1 N–H and O–H groups in total. The first-order valence-corrected chi connectivity index (χ1v) is 6.00. The van der Waals surface area contributed by atoms with Crippen LogP contribution in [0, 0.1) is 0 Å². The summed E-state index contributed by atoms with van der Waals surface area (Å²) in [6, 6.07) is 14.5. The number of hydrogen-bond donors (Lipinski definition) is 1. The Morgan fingerprint density at radius 1 is 0.882 bits per heavy atom. The number of hydrogen-bond acceptors (Lipinski definition) is 1. The summed E-state index contributed by atoms with van der Waals surface area (Å²) >= 11 is 11.9. The van der Waals surface area contributed by atoms with Gasteiger partial charge in [-0.2, -0.15) is 0 Å². The number of rotatable bonds is 2. The smallest absolute Gasteiger partial charge is 0.112 e. The lowest BCUT2D eigenvalue weighted by Gasteiger charge is -2.25. The molecule has 0 aromatic heterocycles. The van der Waals surface area contributed by atoms with E-state index in [-0.39, 0.29) is 0 Å². The van der Waals surface area contributed by atoms with Gasteiger partial charge in [-0.15, -0.1) is 0 Å². The second-order valence-corrected chi connectivity index (χ2v) is 4.97. The molecule has 0 saturated carbocycles. The van der Waals surface area contributed by atoms with Gasteiger partial charge >= 0.3 is 0 Å². The molecule has 2 aromatic carbocycles. The monoisotopic (exact) mass is 266 g/mol. The molecule has 0 aliphatic heterocycles. The maximum absolute atomic E-state index is 10.6. The van der Waals surface area contributed by atoms with Crippen LogP contribution in [-0.4, -0.2) is 5.11 Å². The normalized spacial score (nSPS) is 14.4. The molecule has 2 aromatic rings. The topological polar surface area (TPSA) is 20.2 Å². The zero-order chi connectivity index (χ0) is 12.5. The van der Waals surface area contributed by atoms with Crippen LogP contribution < -0.4 is 0 Å². The largest absolute Gasteiger partial charge is 0.381 e. The summed E-state index contributed by atoms with van der Waals surface area (Å²) in [7, 11) is 0. The molecule has 0 radical (unpaired) electrons. The van der Waals surface area contributed by atoms with Crippen LogP contribution >= 0.6 is 23.2 Å². The van der Waals surface area contributed by atoms with Gasteiger partial charge in [0, 0.05) is 10.0 Å². The Hall–Kier alpha value is -1.02. The Bertz CT molecular complexity index is 501. The van der Waals surface area contributed by atoms with Gasteiger partial charge in [-0.1, -0.05) is 53.5 Å². The molecule has 2 rings (SSSR count). The van der Waals surface area contributed by atoms with Gasteiger partial charge in [-0.25, -0.2) is 0 Å². The van der Waals surface area contributed by atoms with E-state index >= 15 is 0 Å². The van der Waals surface area contributed by atoms with Crippen LogP contribution in [0.15, 0.2) is 48.5 Å². The summed E-state index contributed by atoms with van der Waals surface area (Å²) in [6.45, 7) is 1.73. The highest BCUT2D eigenvalue weighted by Gasteiger charge is 2.25. The van der Waals surface area contributed by atoms with Crippen molar-refractivity contribution < 1.29 is 5.11 Å². The molecule has 0 fully saturated rings. The number of benzene rings is 2. The Balaban J connectivity index is 2.51. The minimum atomic E-state index is -1.10. The van der Waals surface area contributed by atoms with Crippen molar-refractivity contribution in [2.45, 2.75) is 12.5 Å². The maximum atomic E-state index is 10.6. The third-order valence-electron chi connectivity index (χ3n) is 2.76. The Kier molecular flexibility index (Phi) is 3.43. The summed E-state index contributed by atoms with van der Waals surface area (Å²) < 4.78 is 0. The molecule has 1 nitrogen and oxygen atoms in total. The first-order chi connectivity index (χ1) is 8.00. The van der Waals surface area contributed by atoms with E-state index < -0.39 is 5.60 Å². The van der Waals surface area contributed by atoms with E-state index in [2.05, 4.69) is 0 Å². The summed E-state index contributed by atoms with van der Waals surface area (Å²) in [4.78, 5) is 0. The highest BCUT2D eigenvalue weighted by molar-refractivity contribution is 6.34. The second kappa shape index (κ2) is 4.69. The molecular formula is C14H12Cl2O. The van der Waals surface area contributed by atoms with Gasteiger partial charge in [0.1, 0.15) is 5.60 Å². The lowest BCUT2D eigenvalue weighted by molar-refractivity contribution is 0.102. The van der Waals surface area contributed by atoms with Gasteiger partial charge < -0.3 is 5.11 Å². The fraction of sp³-hybridized carbons (Fsp3) is 0.143. The molecule has 1 atom stereocenters. The van der Waals surface area contributed by atoms with Crippen molar-refractivity contribution in [1.29, 1.82) is 0 Å². The van der Waals surface area contributed by atoms with Crippen molar-refractivity contribution >= 4 is 23.2 Å². The van der Waals surface area contributed by atoms with Crippen LogP contribution in [0.25, 0.3) is 0 Å². The molecule has 0 heterocycles. The number of halogens is 2. The van der Waals surface area contributed by atoms with E-state index in [4.69, 9.17) is 23.2 Å². The summed E-state index contributed by atoms with van der Waals surface area (Å²) in [6.07, 6.45) is 0. The predicted molar refractivity (Wildman–Crippen MR) is 71.6 cm³/mol. The van der Waals surface area contributed by atoms with Crippen molar-refractivity contribution in [2.24, 2.45) is 0 Å². The Labute approximate surface area is 111 Å². The van der Waals surface area contributed by atoms with Crippen molar-refractivity contribution in [3.63, 3.8) is 0 Å². The van der Waals surface area contributed by atoms with Crippen molar-refractivity contribution in [2.75, 3.05) is 0 Å². The van der Waals surface area contributed by atoms with Gasteiger partial charge in [0.25, 0.3) is 0 Å². The van der Waals surface area contributed by atoms with Crippen LogP contribution in [0.1, 0.15) is 18.1 Å². The molecule has 0 saturated heterocycles. The molecular weight excluding hydrogens is 255 g/mol. The van der Waals surface area contributed by atoms with E-state index in [0.29, 0.717) is 15.6 Å². The predicted octanol–water partition coefficient (Wildman–Crippen LogP) is 4.25. The third-order valence-corrected chi connectivity index (χ3v) is 3.20. The maximum Gasteiger partial charge on any atom is 0.112 e. The molecule has 0 aliphatic carbocycles. The van der Waals surface area contributed by atoms with E-state index in [9.17, 15) is 5.11 Å². The van der Waals surface area contributed by atoms with E-state index in [0.717, 1.165) is 5.56 Å². The standard InChI is InChI=1S/C14H12Cl2O/c1-14(17,10-5-3-2-4-6-10)11-7-12(15)9-13(16)8-11/h2-9,17H,1H3. The molecule has 0 spiro atoms. The molecule has 17 heavy (non-hydrogen) atoms. The van der Waals surface area contributed by atoms with E-state index in [1.165, 1.54) is 0 Å². The zero-order valence-corrected chi connectivity index (χ0v) is 10.8. The Morgan fingerprint density at radius 2 is 1.41 bits per heavy atom. The van der Waals surface area contributed by atoms with Crippen LogP contribution in [0.2, 0.25) is 10.0 Å². The van der Waals surface area contributed by atoms with Gasteiger partial charge in [-0.05, 0) is 36.2 Å². The third kappa shape index (κ3) is 2.63. The van der Waals surface area contributed by atoms with Crippen LogP contribution in [0.3, 0.4) is 0 Å². The average Bonchev–Trinajstić information content (AvgIpc) is 2.29. The first kappa shape index (κ1) is 12.4. The summed E-state index contributed by atoms with van der Waals surface area (Å²) in [5, 5.41) is 11.6. The van der Waals surface area contributed by atoms with Gasteiger partial charge in [0.2, 0.25) is 0 Å². The van der Waals surface area contributed by atoms with Crippen molar-refractivity contribution in [3.05, 3.63) is 69.7 Å². The molecule has 0 amide bonds. The second-order valence-electron chi connectivity index (χ2n) is 4.10. The van der Waals surface area contributed by atoms with E-state index in [1.54, 1.807) is 25.1 Å². The molecule has 1 unspecified atom stereocenters. The quantitative estimate of drug-likeness (QED) is 0.862. The molecule has 0 bridgehead atoms. The molecule has 3 heteroatoms. The highest BCUT2D eigenvalue weighted by atomic mass is 35.5. The van der Waals surface area contributed by atoms with Crippen molar-refractivity contribution in [3.8, 4) is 0 Å². The molecule has 88 valence electrons. The van der Waals surface area contributed by atoms with E-state index in [1.807, 2.05) is 30.3 Å². The van der Waals surface area contributed by atoms with Crippen LogP contribution in [0.4, 0.5) is 0 Å². The minimum absolute atomic E-state index is 0.517. The van der Waals surface area contributed by atoms with Gasteiger partial charge in [0.15, 0.2) is 0 Å². The summed E-state index contributed by atoms with van der Waals surface area (Å²) in [5.41, 5.74) is 0.384. The summed E-state index contributed by atoms with van der Waals surface area (Å²) in [5.74, 6) is 0. The SMILES string of the molecule is CC(O)(c1ccccc1)c1cc(Cl)cc(Cl)c1. The fourth-order valence-electron chi connectivity index (χ4n) is 1.76. The zero-order valence-electron chi connectivity index (χ0n) is 9.32. The van der Waals surface area contributed by atoms with Crippen LogP contribution in [0.5, 0.6) is 0 Å². The van der Waals surface area contributed by atoms with Crippen molar-refractivity contribution in [1.82, 2.24) is 0 Å². The van der Waals surface area contributed by atoms with Crippen LogP contribution in [-0.2, 0) is 5.60 Å².